The van der Waals surface area contributed by atoms with Crippen LogP contribution in [0.25, 0.3) is 0 Å². The minimum absolute atomic E-state index is 0.703. The molecule has 0 heterocycles. The summed E-state index contributed by atoms with van der Waals surface area (Å²) in [6.07, 6.45) is 2.81. The van der Waals surface area contributed by atoms with Gasteiger partial charge in [-0.05, 0) is 45.9 Å². The number of hydrogen-bond acceptors (Lipinski definition) is 0. The highest BCUT2D eigenvalue weighted by Crippen LogP contribution is 2.10. The Morgan fingerprint density at radius 2 is 0.667 bits per heavy atom. The molecule has 2 aromatic rings. The smallest absolute Gasteiger partial charge is 0.0353 e. The summed E-state index contributed by atoms with van der Waals surface area (Å²) in [6, 6.07) is 16.6. The maximum Gasteiger partial charge on any atom is 0.0353 e. The average molecular weight is 304 g/mol. The van der Waals surface area contributed by atoms with Gasteiger partial charge in [-0.3, -0.25) is 0 Å². The van der Waals surface area contributed by atoms with E-state index in [0.29, 0.717) is 25.7 Å². The van der Waals surface area contributed by atoms with Gasteiger partial charge < -0.3 is 0 Å². The molecule has 0 radical (unpaired) electrons. The third kappa shape index (κ3) is 4.34. The van der Waals surface area contributed by atoms with Crippen LogP contribution in [-0.4, -0.2) is 0 Å². The van der Waals surface area contributed by atoms with Crippen molar-refractivity contribution in [2.24, 2.45) is 0 Å². The molecule has 0 spiro atoms. The summed E-state index contributed by atoms with van der Waals surface area (Å²) in [4.78, 5) is 0. The molecule has 0 unspecified atom stereocenters. The Balaban J connectivity index is 1.90. The molecule has 24 heavy (non-hydrogen) atoms. The van der Waals surface area contributed by atoms with Crippen molar-refractivity contribution in [3.8, 4) is 47.4 Å². The van der Waals surface area contributed by atoms with Gasteiger partial charge in [-0.25, -0.2) is 0 Å². The van der Waals surface area contributed by atoms with E-state index in [1.807, 2.05) is 24.3 Å². The molecule has 0 aliphatic heterocycles. The van der Waals surface area contributed by atoms with Crippen LogP contribution in [0.2, 0.25) is 0 Å². The van der Waals surface area contributed by atoms with Crippen molar-refractivity contribution in [1.29, 1.82) is 0 Å². The van der Waals surface area contributed by atoms with E-state index in [-0.39, 0.29) is 0 Å². The molecule has 112 valence electrons. The molecular weight excluding hydrogens is 288 g/mol. The number of fused-ring (bicyclic) bond motifs is 2. The van der Waals surface area contributed by atoms with Crippen LogP contribution < -0.4 is 0 Å². The summed E-state index contributed by atoms with van der Waals surface area (Å²) in [5.74, 6) is 24.4. The van der Waals surface area contributed by atoms with Crippen LogP contribution in [0, 0.1) is 47.4 Å². The lowest BCUT2D eigenvalue weighted by molar-refractivity contribution is 1.19. The van der Waals surface area contributed by atoms with Crippen LogP contribution >= 0.6 is 0 Å². The maximum absolute atomic E-state index is 3.15. The molecule has 0 fully saturated rings. The summed E-state index contributed by atoms with van der Waals surface area (Å²) in [7, 11) is 0. The van der Waals surface area contributed by atoms with Crippen molar-refractivity contribution in [1.82, 2.24) is 0 Å². The zero-order valence-electron chi connectivity index (χ0n) is 13.4. The van der Waals surface area contributed by atoms with Crippen LogP contribution in [0.5, 0.6) is 0 Å². The molecule has 1 aliphatic rings. The van der Waals surface area contributed by atoms with Gasteiger partial charge in [-0.1, -0.05) is 72.2 Å². The van der Waals surface area contributed by atoms with E-state index < -0.39 is 0 Å². The topological polar surface area (TPSA) is 0 Å². The predicted octanol–water partition coefficient (Wildman–Crippen LogP) is 3.58. The van der Waals surface area contributed by atoms with Gasteiger partial charge in [0.1, 0.15) is 0 Å². The standard InChI is InChI=1S/C24H16/c1-2-6-14-22-18-11-12-20-24(22)16-8-4-3-7-15-23-19-10-9-17-21(23)13-5-1/h9-12,17-20H,13-16H2. The van der Waals surface area contributed by atoms with E-state index in [2.05, 4.69) is 71.6 Å². The first-order valence-electron chi connectivity index (χ1n) is 7.98. The van der Waals surface area contributed by atoms with Crippen LogP contribution in [0.15, 0.2) is 48.5 Å². The molecule has 0 N–H and O–H groups in total. The Morgan fingerprint density at radius 1 is 0.417 bits per heavy atom. The van der Waals surface area contributed by atoms with Crippen LogP contribution in [0.3, 0.4) is 0 Å². The first-order chi connectivity index (χ1) is 11.9. The number of rotatable bonds is 0. The second-order valence-electron chi connectivity index (χ2n) is 5.45. The third-order valence-corrected chi connectivity index (χ3v) is 3.83. The van der Waals surface area contributed by atoms with E-state index in [4.69, 9.17) is 0 Å². The Morgan fingerprint density at radius 3 is 0.917 bits per heavy atom. The van der Waals surface area contributed by atoms with E-state index in [1.165, 1.54) is 22.3 Å². The molecule has 0 aromatic heterocycles. The summed E-state index contributed by atoms with van der Waals surface area (Å²) in [6.45, 7) is 0. The zero-order chi connectivity index (χ0) is 16.5. The van der Waals surface area contributed by atoms with Crippen molar-refractivity contribution < 1.29 is 0 Å². The lowest BCUT2D eigenvalue weighted by atomic mass is 10.0. The molecule has 0 atom stereocenters. The highest BCUT2D eigenvalue weighted by atomic mass is 14.0. The van der Waals surface area contributed by atoms with Gasteiger partial charge in [0.2, 0.25) is 0 Å². The lowest BCUT2D eigenvalue weighted by Crippen LogP contribution is -1.92. The van der Waals surface area contributed by atoms with E-state index >= 15 is 0 Å². The first-order valence-corrected chi connectivity index (χ1v) is 7.98. The SMILES string of the molecule is C1#CCc2ccccc2CC#CC#CCc2ccccc2CC#C1. The Hall–Kier alpha value is -3.32. The van der Waals surface area contributed by atoms with Gasteiger partial charge >= 0.3 is 0 Å². The molecule has 0 heteroatoms. The second kappa shape index (κ2) is 8.35. The minimum atomic E-state index is 0.703. The highest BCUT2D eigenvalue weighted by molar-refractivity contribution is 5.40. The monoisotopic (exact) mass is 304 g/mol. The molecule has 0 bridgehead atoms. The van der Waals surface area contributed by atoms with Crippen molar-refractivity contribution in [3.63, 3.8) is 0 Å². The molecular formula is C24H16. The Kier molecular flexibility index (Phi) is 5.42. The summed E-state index contributed by atoms with van der Waals surface area (Å²) in [5.41, 5.74) is 4.86. The van der Waals surface area contributed by atoms with Gasteiger partial charge in [0, 0.05) is 25.7 Å². The van der Waals surface area contributed by atoms with Crippen molar-refractivity contribution >= 4 is 0 Å². The summed E-state index contributed by atoms with van der Waals surface area (Å²) < 4.78 is 0. The predicted molar refractivity (Wildman–Crippen MR) is 98.8 cm³/mol. The van der Waals surface area contributed by atoms with Gasteiger partial charge in [0.15, 0.2) is 0 Å². The lowest BCUT2D eigenvalue weighted by Gasteiger charge is -2.02. The molecule has 3 rings (SSSR count). The van der Waals surface area contributed by atoms with Crippen LogP contribution in [-0.2, 0) is 25.7 Å². The Labute approximate surface area is 144 Å². The fourth-order valence-corrected chi connectivity index (χ4v) is 2.54. The third-order valence-electron chi connectivity index (χ3n) is 3.83. The second-order valence-corrected chi connectivity index (χ2v) is 5.45. The van der Waals surface area contributed by atoms with E-state index in [1.54, 1.807) is 0 Å². The maximum atomic E-state index is 3.15. The van der Waals surface area contributed by atoms with E-state index in [9.17, 15) is 0 Å². The molecule has 2 aromatic carbocycles. The van der Waals surface area contributed by atoms with Gasteiger partial charge in [0.25, 0.3) is 0 Å². The molecule has 0 amide bonds. The largest absolute Gasteiger partial charge is 0.0843 e. The minimum Gasteiger partial charge on any atom is -0.0843 e. The van der Waals surface area contributed by atoms with Crippen molar-refractivity contribution in [2.45, 2.75) is 25.7 Å². The quantitative estimate of drug-likeness (QED) is 0.653. The first kappa shape index (κ1) is 15.6. The van der Waals surface area contributed by atoms with Crippen LogP contribution in [0.4, 0.5) is 0 Å². The van der Waals surface area contributed by atoms with Gasteiger partial charge in [0.05, 0.1) is 0 Å². The fraction of sp³-hybridized carbons (Fsp3) is 0.167. The Bertz CT molecular complexity index is 811. The normalized spacial score (nSPS) is 12.3. The van der Waals surface area contributed by atoms with E-state index in [0.717, 1.165) is 0 Å². The van der Waals surface area contributed by atoms with Gasteiger partial charge in [-0.2, -0.15) is 0 Å². The van der Waals surface area contributed by atoms with Crippen LogP contribution in [0.1, 0.15) is 22.3 Å². The average Bonchev–Trinajstić information content (AvgIpc) is 2.62. The van der Waals surface area contributed by atoms with Gasteiger partial charge in [-0.15, -0.1) is 0 Å². The summed E-state index contributed by atoms with van der Waals surface area (Å²) >= 11 is 0. The molecule has 0 saturated heterocycles. The molecule has 0 saturated carbocycles. The summed E-state index contributed by atoms with van der Waals surface area (Å²) in [5, 5.41) is 0. The van der Waals surface area contributed by atoms with Crippen molar-refractivity contribution in [2.75, 3.05) is 0 Å². The number of benzene rings is 2. The molecule has 0 nitrogen and oxygen atoms in total. The molecule has 1 aliphatic carbocycles. The number of hydrogen-bond donors (Lipinski definition) is 0. The highest BCUT2D eigenvalue weighted by Gasteiger charge is 1.99. The van der Waals surface area contributed by atoms with Crippen molar-refractivity contribution in [3.05, 3.63) is 70.8 Å². The fourth-order valence-electron chi connectivity index (χ4n) is 2.54. The zero-order valence-corrected chi connectivity index (χ0v) is 13.4.